The van der Waals surface area contributed by atoms with Gasteiger partial charge in [-0.2, -0.15) is 0 Å². The standard InChI is InChI=1S/C15H15Cl3N2OS/c1-15(6-19)2-3-20(7-15)14(21)13-12(18)11-9(17)4-8(16)5-10(11)22-13/h4-5H,2-3,6-7,19H2,1H3. The van der Waals surface area contributed by atoms with Crippen molar-refractivity contribution < 1.29 is 4.79 Å². The molecule has 0 bridgehead atoms. The van der Waals surface area contributed by atoms with E-state index in [-0.39, 0.29) is 11.3 Å². The number of likely N-dealkylation sites (tertiary alicyclic amines) is 1. The van der Waals surface area contributed by atoms with Gasteiger partial charge in [-0.15, -0.1) is 11.3 Å². The van der Waals surface area contributed by atoms with E-state index in [1.54, 1.807) is 12.1 Å². The van der Waals surface area contributed by atoms with Gasteiger partial charge in [0, 0.05) is 28.2 Å². The maximum atomic E-state index is 12.8. The minimum absolute atomic E-state index is 0.0141. The van der Waals surface area contributed by atoms with Gasteiger partial charge in [0.1, 0.15) is 4.88 Å². The molecule has 1 amide bonds. The molecule has 0 saturated carbocycles. The lowest BCUT2D eigenvalue weighted by Crippen LogP contribution is -2.34. The van der Waals surface area contributed by atoms with Gasteiger partial charge in [0.05, 0.1) is 10.0 Å². The highest BCUT2D eigenvalue weighted by Gasteiger charge is 2.36. The van der Waals surface area contributed by atoms with Gasteiger partial charge in [0.25, 0.3) is 5.91 Å². The van der Waals surface area contributed by atoms with Gasteiger partial charge < -0.3 is 10.6 Å². The number of rotatable bonds is 2. The molecule has 3 rings (SSSR count). The maximum absolute atomic E-state index is 12.8. The number of nitrogens with two attached hydrogens (primary N) is 1. The molecule has 1 saturated heterocycles. The van der Waals surface area contributed by atoms with Gasteiger partial charge >= 0.3 is 0 Å². The van der Waals surface area contributed by atoms with Crippen LogP contribution in [0.1, 0.15) is 23.0 Å². The van der Waals surface area contributed by atoms with E-state index >= 15 is 0 Å². The predicted molar refractivity (Wildman–Crippen MR) is 94.5 cm³/mol. The van der Waals surface area contributed by atoms with Crippen molar-refractivity contribution in [3.63, 3.8) is 0 Å². The fourth-order valence-electron chi connectivity index (χ4n) is 2.76. The van der Waals surface area contributed by atoms with Crippen molar-refractivity contribution >= 4 is 62.1 Å². The number of thiophene rings is 1. The summed E-state index contributed by atoms with van der Waals surface area (Å²) in [6.45, 7) is 4.02. The molecule has 0 aliphatic carbocycles. The number of amides is 1. The zero-order valence-corrected chi connectivity index (χ0v) is 15.0. The van der Waals surface area contributed by atoms with Gasteiger partial charge in [0.15, 0.2) is 0 Å². The van der Waals surface area contributed by atoms with Gasteiger partial charge in [0.2, 0.25) is 0 Å². The fourth-order valence-corrected chi connectivity index (χ4v) is 5.10. The van der Waals surface area contributed by atoms with Crippen LogP contribution < -0.4 is 5.73 Å². The minimum atomic E-state index is -0.0597. The molecule has 1 atom stereocenters. The first-order chi connectivity index (χ1) is 10.3. The Balaban J connectivity index is 1.99. The lowest BCUT2D eigenvalue weighted by atomic mass is 9.90. The smallest absolute Gasteiger partial charge is 0.265 e. The van der Waals surface area contributed by atoms with Crippen LogP contribution in [0.4, 0.5) is 0 Å². The second-order valence-corrected chi connectivity index (χ2v) is 8.27. The van der Waals surface area contributed by atoms with Crippen molar-refractivity contribution in [3.05, 3.63) is 32.1 Å². The summed E-state index contributed by atoms with van der Waals surface area (Å²) in [6.07, 6.45) is 0.907. The van der Waals surface area contributed by atoms with Crippen LogP contribution in [0, 0.1) is 5.41 Å². The molecule has 3 nitrogen and oxygen atoms in total. The highest BCUT2D eigenvalue weighted by molar-refractivity contribution is 7.21. The third-order valence-electron chi connectivity index (χ3n) is 4.18. The van der Waals surface area contributed by atoms with E-state index in [0.717, 1.165) is 11.1 Å². The number of nitrogens with zero attached hydrogens (tertiary/aromatic N) is 1. The van der Waals surface area contributed by atoms with Crippen molar-refractivity contribution in [2.45, 2.75) is 13.3 Å². The molecule has 1 unspecified atom stereocenters. The van der Waals surface area contributed by atoms with E-state index in [0.29, 0.717) is 45.0 Å². The molecule has 2 N–H and O–H groups in total. The number of hydrogen-bond acceptors (Lipinski definition) is 3. The summed E-state index contributed by atoms with van der Waals surface area (Å²) >= 11 is 20.0. The molecule has 0 spiro atoms. The van der Waals surface area contributed by atoms with Crippen LogP contribution in [0.3, 0.4) is 0 Å². The first-order valence-corrected chi connectivity index (χ1v) is 8.86. The average molecular weight is 378 g/mol. The van der Waals surface area contributed by atoms with Crippen molar-refractivity contribution in [3.8, 4) is 0 Å². The summed E-state index contributed by atoms with van der Waals surface area (Å²) in [7, 11) is 0. The maximum Gasteiger partial charge on any atom is 0.265 e. The molecule has 1 aliphatic heterocycles. The molecule has 1 aromatic heterocycles. The predicted octanol–water partition coefficient (Wildman–Crippen LogP) is 4.67. The van der Waals surface area contributed by atoms with Crippen molar-refractivity contribution in [1.82, 2.24) is 4.90 Å². The highest BCUT2D eigenvalue weighted by atomic mass is 35.5. The molecule has 7 heteroatoms. The van der Waals surface area contributed by atoms with Crippen LogP contribution in [0.15, 0.2) is 12.1 Å². The van der Waals surface area contributed by atoms with Crippen molar-refractivity contribution in [1.29, 1.82) is 0 Å². The minimum Gasteiger partial charge on any atom is -0.337 e. The Bertz CT molecular complexity index is 761. The summed E-state index contributed by atoms with van der Waals surface area (Å²) in [5, 5.41) is 2.11. The van der Waals surface area contributed by atoms with E-state index in [1.807, 2.05) is 4.90 Å². The Kier molecular flexibility index (Phi) is 4.34. The molecule has 0 radical (unpaired) electrons. The summed E-state index contributed by atoms with van der Waals surface area (Å²) in [4.78, 5) is 15.1. The Labute approximate surface area is 147 Å². The quantitative estimate of drug-likeness (QED) is 0.826. The third kappa shape index (κ3) is 2.72. The number of fused-ring (bicyclic) bond motifs is 1. The lowest BCUT2D eigenvalue weighted by Gasteiger charge is -2.22. The summed E-state index contributed by atoms with van der Waals surface area (Å²) in [5.41, 5.74) is 5.79. The molecule has 1 aromatic carbocycles. The zero-order valence-electron chi connectivity index (χ0n) is 12.0. The Morgan fingerprint density at radius 2 is 2.14 bits per heavy atom. The molecular weight excluding hydrogens is 363 g/mol. The largest absolute Gasteiger partial charge is 0.337 e. The Hall–Kier alpha value is -0.520. The fraction of sp³-hybridized carbons (Fsp3) is 0.400. The molecule has 1 aliphatic rings. The summed E-state index contributed by atoms with van der Waals surface area (Å²) in [5.74, 6) is -0.0597. The monoisotopic (exact) mass is 376 g/mol. The normalized spacial score (nSPS) is 21.8. The van der Waals surface area contributed by atoms with E-state index in [4.69, 9.17) is 40.5 Å². The average Bonchev–Trinajstić information content (AvgIpc) is 3.00. The zero-order chi connectivity index (χ0) is 16.1. The van der Waals surface area contributed by atoms with E-state index in [2.05, 4.69) is 6.92 Å². The lowest BCUT2D eigenvalue weighted by molar-refractivity contribution is 0.0782. The first kappa shape index (κ1) is 16.3. The van der Waals surface area contributed by atoms with Crippen LogP contribution in [-0.2, 0) is 0 Å². The second kappa shape index (κ2) is 5.84. The van der Waals surface area contributed by atoms with E-state index < -0.39 is 0 Å². The third-order valence-corrected chi connectivity index (χ3v) is 6.31. The van der Waals surface area contributed by atoms with Gasteiger partial charge in [-0.25, -0.2) is 0 Å². The van der Waals surface area contributed by atoms with Crippen LogP contribution >= 0.6 is 46.1 Å². The van der Waals surface area contributed by atoms with Gasteiger partial charge in [-0.05, 0) is 30.5 Å². The van der Waals surface area contributed by atoms with E-state index in [1.165, 1.54) is 11.3 Å². The number of halogens is 3. The van der Waals surface area contributed by atoms with Crippen LogP contribution in [0.25, 0.3) is 10.1 Å². The topological polar surface area (TPSA) is 46.3 Å². The van der Waals surface area contributed by atoms with Crippen LogP contribution in [-0.4, -0.2) is 30.4 Å². The number of carbonyl (C=O) groups excluding carboxylic acids is 1. The van der Waals surface area contributed by atoms with Crippen LogP contribution in [0.5, 0.6) is 0 Å². The summed E-state index contributed by atoms with van der Waals surface area (Å²) < 4.78 is 0.826. The van der Waals surface area contributed by atoms with Gasteiger partial charge in [-0.3, -0.25) is 4.79 Å². The van der Waals surface area contributed by atoms with E-state index in [9.17, 15) is 4.79 Å². The SMILES string of the molecule is CC1(CN)CCN(C(=O)c2sc3cc(Cl)cc(Cl)c3c2Cl)C1. The molecule has 2 heterocycles. The molecule has 118 valence electrons. The van der Waals surface area contributed by atoms with Crippen molar-refractivity contribution in [2.24, 2.45) is 11.1 Å². The molecule has 22 heavy (non-hydrogen) atoms. The van der Waals surface area contributed by atoms with Gasteiger partial charge in [-0.1, -0.05) is 41.7 Å². The molecule has 1 fully saturated rings. The number of hydrogen-bond donors (Lipinski definition) is 1. The molecular formula is C15H15Cl3N2OS. The molecule has 2 aromatic rings. The highest BCUT2D eigenvalue weighted by Crippen LogP contribution is 2.42. The Morgan fingerprint density at radius 3 is 2.77 bits per heavy atom. The van der Waals surface area contributed by atoms with Crippen molar-refractivity contribution in [2.75, 3.05) is 19.6 Å². The second-order valence-electron chi connectivity index (χ2n) is 6.00. The first-order valence-electron chi connectivity index (χ1n) is 6.91. The number of carbonyl (C=O) groups is 1. The summed E-state index contributed by atoms with van der Waals surface area (Å²) in [6, 6.07) is 3.42. The Morgan fingerprint density at radius 1 is 1.41 bits per heavy atom. The van der Waals surface area contributed by atoms with Crippen LogP contribution in [0.2, 0.25) is 15.1 Å². The number of benzene rings is 1.